The van der Waals surface area contributed by atoms with Gasteiger partial charge in [0, 0.05) is 36.4 Å². The monoisotopic (exact) mass is 320 g/mol. The highest BCUT2D eigenvalue weighted by atomic mass is 16.3. The highest BCUT2D eigenvalue weighted by molar-refractivity contribution is 5.94. The number of aromatic nitrogens is 3. The van der Waals surface area contributed by atoms with E-state index in [2.05, 4.69) is 40.0 Å². The molecule has 1 atom stereocenters. The lowest BCUT2D eigenvalue weighted by molar-refractivity contribution is 0.154. The quantitative estimate of drug-likeness (QED) is 0.786. The number of β-amino-alcohol motifs (C(OH)–C–C–N with tert-alkyl or cyclic N) is 1. The molecule has 5 nitrogen and oxygen atoms in total. The van der Waals surface area contributed by atoms with Gasteiger partial charge in [-0.3, -0.25) is 4.98 Å². The molecular formula is C19H20N4O. The molecule has 1 aliphatic rings. The Morgan fingerprint density at radius 2 is 2.04 bits per heavy atom. The largest absolute Gasteiger partial charge is 0.391 e. The highest BCUT2D eigenvalue weighted by Crippen LogP contribution is 2.28. The molecule has 24 heavy (non-hydrogen) atoms. The third-order valence-corrected chi connectivity index (χ3v) is 4.57. The van der Waals surface area contributed by atoms with E-state index < -0.39 is 0 Å². The lowest BCUT2D eigenvalue weighted by Crippen LogP contribution is -2.38. The summed E-state index contributed by atoms with van der Waals surface area (Å²) in [5, 5.41) is 11.0. The Bertz CT molecular complexity index is 880. The van der Waals surface area contributed by atoms with E-state index in [0.29, 0.717) is 12.4 Å². The van der Waals surface area contributed by atoms with Crippen LogP contribution in [0.25, 0.3) is 22.3 Å². The Morgan fingerprint density at radius 1 is 1.12 bits per heavy atom. The van der Waals surface area contributed by atoms with Crippen molar-refractivity contribution < 1.29 is 5.11 Å². The fourth-order valence-corrected chi connectivity index (χ4v) is 3.33. The van der Waals surface area contributed by atoms with E-state index in [9.17, 15) is 5.11 Å². The second-order valence-electron chi connectivity index (χ2n) is 6.31. The number of pyridine rings is 1. The number of nitrogens with zero attached hydrogens (tertiary/aromatic N) is 4. The van der Waals surface area contributed by atoms with Gasteiger partial charge in [0.25, 0.3) is 0 Å². The molecule has 1 N–H and O–H groups in total. The topological polar surface area (TPSA) is 62.1 Å². The molecule has 2 aromatic heterocycles. The number of piperidine rings is 1. The number of aliphatic hydroxyl groups excluding tert-OH is 1. The second kappa shape index (κ2) is 6.17. The maximum atomic E-state index is 9.91. The number of hydrogen-bond donors (Lipinski definition) is 1. The molecule has 0 bridgehead atoms. The van der Waals surface area contributed by atoms with Crippen molar-refractivity contribution in [2.45, 2.75) is 25.9 Å². The van der Waals surface area contributed by atoms with Gasteiger partial charge in [-0.25, -0.2) is 9.97 Å². The van der Waals surface area contributed by atoms with Crippen molar-refractivity contribution in [1.82, 2.24) is 15.0 Å². The van der Waals surface area contributed by atoms with E-state index in [0.717, 1.165) is 47.2 Å². The summed E-state index contributed by atoms with van der Waals surface area (Å²) in [7, 11) is 0. The first-order valence-electron chi connectivity index (χ1n) is 8.33. The summed E-state index contributed by atoms with van der Waals surface area (Å²) in [5.74, 6) is 1.57. The molecule has 0 spiro atoms. The summed E-state index contributed by atoms with van der Waals surface area (Å²) < 4.78 is 0. The number of hydrogen-bond acceptors (Lipinski definition) is 5. The van der Waals surface area contributed by atoms with Gasteiger partial charge in [0.15, 0.2) is 5.82 Å². The molecule has 1 fully saturated rings. The molecule has 1 saturated heterocycles. The number of aryl methyl sites for hydroxylation is 1. The van der Waals surface area contributed by atoms with E-state index in [1.54, 1.807) is 6.20 Å². The average molecular weight is 320 g/mol. The predicted octanol–water partition coefficient (Wildman–Crippen LogP) is 2.96. The molecule has 4 rings (SSSR count). The molecule has 0 unspecified atom stereocenters. The van der Waals surface area contributed by atoms with Crippen LogP contribution >= 0.6 is 0 Å². The third-order valence-electron chi connectivity index (χ3n) is 4.57. The van der Waals surface area contributed by atoms with Crippen LogP contribution in [0.1, 0.15) is 18.4 Å². The van der Waals surface area contributed by atoms with Gasteiger partial charge in [-0.05, 0) is 37.5 Å². The first kappa shape index (κ1) is 15.0. The lowest BCUT2D eigenvalue weighted by atomic mass is 10.0. The minimum atomic E-state index is -0.276. The van der Waals surface area contributed by atoms with E-state index in [1.165, 1.54) is 0 Å². The Kier molecular flexibility index (Phi) is 3.86. The minimum Gasteiger partial charge on any atom is -0.391 e. The number of aliphatic hydroxyl groups is 1. The number of benzene rings is 1. The van der Waals surface area contributed by atoms with Gasteiger partial charge in [-0.2, -0.15) is 0 Å². The van der Waals surface area contributed by atoms with Crippen molar-refractivity contribution in [1.29, 1.82) is 0 Å². The number of fused-ring (bicyclic) bond motifs is 1. The third kappa shape index (κ3) is 2.71. The van der Waals surface area contributed by atoms with Crippen molar-refractivity contribution in [3.63, 3.8) is 0 Å². The number of anilines is 1. The number of rotatable bonds is 2. The van der Waals surface area contributed by atoms with Gasteiger partial charge < -0.3 is 10.0 Å². The molecule has 1 aromatic carbocycles. The average Bonchev–Trinajstić information content (AvgIpc) is 2.62. The highest BCUT2D eigenvalue weighted by Gasteiger charge is 2.19. The Balaban J connectivity index is 1.78. The molecule has 0 radical (unpaired) electrons. The van der Waals surface area contributed by atoms with Crippen molar-refractivity contribution in [2.75, 3.05) is 18.0 Å². The second-order valence-corrected chi connectivity index (χ2v) is 6.31. The van der Waals surface area contributed by atoms with Crippen LogP contribution in [-0.2, 0) is 0 Å². The normalized spacial score (nSPS) is 18.1. The lowest BCUT2D eigenvalue weighted by Gasteiger charge is -2.31. The molecule has 3 aromatic rings. The van der Waals surface area contributed by atoms with Crippen LogP contribution < -0.4 is 4.90 Å². The van der Waals surface area contributed by atoms with E-state index >= 15 is 0 Å². The molecule has 5 heteroatoms. The first-order valence-corrected chi connectivity index (χ1v) is 8.33. The molecule has 0 saturated carbocycles. The van der Waals surface area contributed by atoms with Gasteiger partial charge in [0.1, 0.15) is 5.82 Å². The van der Waals surface area contributed by atoms with Gasteiger partial charge in [0.05, 0.1) is 11.6 Å². The molecule has 122 valence electrons. The fraction of sp³-hybridized carbons (Fsp3) is 0.316. The summed E-state index contributed by atoms with van der Waals surface area (Å²) >= 11 is 0. The summed E-state index contributed by atoms with van der Waals surface area (Å²) in [6.07, 6.45) is 5.17. The summed E-state index contributed by atoms with van der Waals surface area (Å²) in [4.78, 5) is 15.9. The summed E-state index contributed by atoms with van der Waals surface area (Å²) in [6, 6.07) is 10.0. The molecule has 1 aliphatic heterocycles. The van der Waals surface area contributed by atoms with Gasteiger partial charge in [-0.1, -0.05) is 18.2 Å². The summed E-state index contributed by atoms with van der Waals surface area (Å²) in [6.45, 7) is 3.61. The Labute approximate surface area is 141 Å². The van der Waals surface area contributed by atoms with E-state index in [1.807, 2.05) is 18.3 Å². The van der Waals surface area contributed by atoms with Crippen LogP contribution in [0.2, 0.25) is 0 Å². The van der Waals surface area contributed by atoms with Crippen LogP contribution in [0, 0.1) is 6.92 Å². The molecule has 3 heterocycles. The SMILES string of the molecule is Cc1ccc(-c2nccc(N3CCC[C@H](O)C3)n2)c2cccnc12. The predicted molar refractivity (Wildman–Crippen MR) is 95.0 cm³/mol. The molecular weight excluding hydrogens is 300 g/mol. The van der Waals surface area contributed by atoms with Crippen molar-refractivity contribution in [3.8, 4) is 11.4 Å². The zero-order valence-electron chi connectivity index (χ0n) is 13.7. The standard InChI is InChI=1S/C19H20N4O/c1-13-6-7-16(15-5-2-9-20-18(13)15)19-21-10-8-17(22-19)23-11-3-4-14(24)12-23/h2,5-10,14,24H,3-4,11-12H2,1H3/t14-/m0/s1. The van der Waals surface area contributed by atoms with Gasteiger partial charge >= 0.3 is 0 Å². The zero-order chi connectivity index (χ0) is 16.5. The molecule has 0 aliphatic carbocycles. The van der Waals surface area contributed by atoms with E-state index in [4.69, 9.17) is 4.98 Å². The molecule has 0 amide bonds. The minimum absolute atomic E-state index is 0.276. The fourth-order valence-electron chi connectivity index (χ4n) is 3.33. The first-order chi connectivity index (χ1) is 11.7. The van der Waals surface area contributed by atoms with Gasteiger partial charge in [0.2, 0.25) is 0 Å². The smallest absolute Gasteiger partial charge is 0.162 e. The van der Waals surface area contributed by atoms with Crippen LogP contribution in [0.15, 0.2) is 42.7 Å². The van der Waals surface area contributed by atoms with Crippen molar-refractivity contribution >= 4 is 16.7 Å². The van der Waals surface area contributed by atoms with E-state index in [-0.39, 0.29) is 6.10 Å². The van der Waals surface area contributed by atoms with Gasteiger partial charge in [-0.15, -0.1) is 0 Å². The van der Waals surface area contributed by atoms with Crippen LogP contribution in [0.4, 0.5) is 5.82 Å². The van der Waals surface area contributed by atoms with Crippen molar-refractivity contribution in [3.05, 3.63) is 48.3 Å². The maximum Gasteiger partial charge on any atom is 0.162 e. The van der Waals surface area contributed by atoms with Crippen LogP contribution in [-0.4, -0.2) is 39.3 Å². The van der Waals surface area contributed by atoms with Crippen LogP contribution in [0.3, 0.4) is 0 Å². The zero-order valence-corrected chi connectivity index (χ0v) is 13.7. The maximum absolute atomic E-state index is 9.91. The van der Waals surface area contributed by atoms with Crippen LogP contribution in [0.5, 0.6) is 0 Å². The van der Waals surface area contributed by atoms with Crippen molar-refractivity contribution in [2.24, 2.45) is 0 Å². The Hall–Kier alpha value is -2.53. The Morgan fingerprint density at radius 3 is 2.92 bits per heavy atom. The summed E-state index contributed by atoms with van der Waals surface area (Å²) in [5.41, 5.74) is 3.12.